The Hall–Kier alpha value is -0.905. The van der Waals surface area contributed by atoms with Crippen molar-refractivity contribution in [2.75, 3.05) is 11.5 Å². The minimum absolute atomic E-state index is 0.353. The highest BCUT2D eigenvalue weighted by atomic mass is 32.1. The second-order valence-corrected chi connectivity index (χ2v) is 7.37. The van der Waals surface area contributed by atoms with Crippen molar-refractivity contribution in [3.8, 4) is 0 Å². The van der Waals surface area contributed by atoms with E-state index in [1.165, 1.54) is 5.56 Å². The maximum Gasteiger partial charge on any atom is 0.491 e. The van der Waals surface area contributed by atoms with Crippen LogP contribution in [0, 0.1) is 13.8 Å². The number of nitrogen functional groups attached to an aromatic ring is 1. The van der Waals surface area contributed by atoms with Gasteiger partial charge in [-0.15, -0.1) is 0 Å². The molecule has 0 spiro atoms. The summed E-state index contributed by atoms with van der Waals surface area (Å²) in [5.41, 5.74) is 10.5. The lowest BCUT2D eigenvalue weighted by molar-refractivity contribution is 0.00578. The Kier molecular flexibility index (Phi) is 4.72. The molecule has 1 aromatic rings. The van der Waals surface area contributed by atoms with Crippen LogP contribution in [0.25, 0.3) is 6.08 Å². The summed E-state index contributed by atoms with van der Waals surface area (Å²) in [5.74, 6) is 0.559. The third-order valence-electron chi connectivity index (χ3n) is 4.64. The molecule has 0 unspecified atom stereocenters. The molecule has 0 amide bonds. The second kappa shape index (κ2) is 5.95. The molecular weight excluding hydrogens is 293 g/mol. The minimum atomic E-state index is -0.386. The van der Waals surface area contributed by atoms with Crippen molar-refractivity contribution in [1.29, 1.82) is 0 Å². The van der Waals surface area contributed by atoms with Gasteiger partial charge in [0.25, 0.3) is 0 Å². The van der Waals surface area contributed by atoms with E-state index in [2.05, 4.69) is 31.7 Å². The molecule has 0 aliphatic carbocycles. The van der Waals surface area contributed by atoms with Crippen LogP contribution < -0.4 is 5.73 Å². The molecule has 3 nitrogen and oxygen atoms in total. The third kappa shape index (κ3) is 3.22. The molecule has 2 N–H and O–H groups in total. The van der Waals surface area contributed by atoms with Crippen molar-refractivity contribution in [3.05, 3.63) is 34.3 Å². The van der Waals surface area contributed by atoms with Crippen LogP contribution in [-0.4, -0.2) is 24.1 Å². The van der Waals surface area contributed by atoms with Gasteiger partial charge in [-0.05, 0) is 64.2 Å². The molecular formula is C17H26BNO2S. The number of thiol groups is 1. The van der Waals surface area contributed by atoms with Crippen LogP contribution >= 0.6 is 12.6 Å². The zero-order valence-corrected chi connectivity index (χ0v) is 15.3. The number of benzene rings is 1. The lowest BCUT2D eigenvalue weighted by Gasteiger charge is -2.32. The van der Waals surface area contributed by atoms with Crippen LogP contribution in [0.4, 0.5) is 5.69 Å². The lowest BCUT2D eigenvalue weighted by atomic mass is 9.78. The molecule has 5 heteroatoms. The first-order chi connectivity index (χ1) is 10.1. The van der Waals surface area contributed by atoms with Crippen molar-refractivity contribution in [2.24, 2.45) is 0 Å². The Balaban J connectivity index is 2.38. The normalized spacial score (nSPS) is 20.5. The average molecular weight is 319 g/mol. The van der Waals surface area contributed by atoms with Gasteiger partial charge in [-0.1, -0.05) is 17.7 Å². The highest BCUT2D eigenvalue weighted by Gasteiger charge is 2.52. The predicted octanol–water partition coefficient (Wildman–Crippen LogP) is 3.83. The highest BCUT2D eigenvalue weighted by molar-refractivity contribution is 7.80. The smallest absolute Gasteiger partial charge is 0.400 e. The summed E-state index contributed by atoms with van der Waals surface area (Å²) in [7, 11) is -0.386. The van der Waals surface area contributed by atoms with E-state index in [4.69, 9.17) is 15.0 Å². The van der Waals surface area contributed by atoms with Gasteiger partial charge in [-0.25, -0.2) is 0 Å². The molecule has 22 heavy (non-hydrogen) atoms. The maximum absolute atomic E-state index is 6.21. The summed E-state index contributed by atoms with van der Waals surface area (Å²) in [6, 6.07) is 4.17. The van der Waals surface area contributed by atoms with Gasteiger partial charge in [-0.3, -0.25) is 0 Å². The van der Waals surface area contributed by atoms with Crippen LogP contribution in [0.5, 0.6) is 0 Å². The van der Waals surface area contributed by atoms with Gasteiger partial charge in [0.2, 0.25) is 0 Å². The summed E-state index contributed by atoms with van der Waals surface area (Å²) in [4.78, 5) is 0. The van der Waals surface area contributed by atoms with Crippen LogP contribution in [-0.2, 0) is 9.31 Å². The molecule has 1 aliphatic rings. The third-order valence-corrected chi connectivity index (χ3v) is 5.01. The number of rotatable bonds is 3. The van der Waals surface area contributed by atoms with Crippen LogP contribution in [0.3, 0.4) is 0 Å². The molecule has 2 rings (SSSR count). The minimum Gasteiger partial charge on any atom is -0.400 e. The first kappa shape index (κ1) is 17.4. The van der Waals surface area contributed by atoms with Gasteiger partial charge in [0.1, 0.15) is 0 Å². The summed E-state index contributed by atoms with van der Waals surface area (Å²) < 4.78 is 12.2. The predicted molar refractivity (Wildman–Crippen MR) is 98.2 cm³/mol. The fourth-order valence-corrected chi connectivity index (χ4v) is 2.75. The number of hydrogen-bond acceptors (Lipinski definition) is 4. The quantitative estimate of drug-likeness (QED) is 0.505. The summed E-state index contributed by atoms with van der Waals surface area (Å²) >= 11 is 4.45. The van der Waals surface area contributed by atoms with Crippen molar-refractivity contribution in [2.45, 2.75) is 52.7 Å². The van der Waals surface area contributed by atoms with Crippen LogP contribution in [0.15, 0.2) is 17.6 Å². The van der Waals surface area contributed by atoms with Gasteiger partial charge >= 0.3 is 7.12 Å². The van der Waals surface area contributed by atoms with E-state index in [1.807, 2.05) is 40.7 Å². The zero-order valence-electron chi connectivity index (χ0n) is 14.4. The molecule has 1 heterocycles. The summed E-state index contributed by atoms with van der Waals surface area (Å²) in [6.45, 7) is 12.3. The van der Waals surface area contributed by atoms with E-state index in [1.54, 1.807) is 0 Å². The highest BCUT2D eigenvalue weighted by Crippen LogP contribution is 2.39. The standard InChI is InChI=1S/C17H26BNO2S/c1-11-7-12(2)15(19)13(8-11)9-14(10-22)18-20-16(3,4)17(5,6)21-18/h7-9,22H,10,19H2,1-6H3. The summed E-state index contributed by atoms with van der Waals surface area (Å²) in [5, 5.41) is 0. The van der Waals surface area contributed by atoms with E-state index >= 15 is 0 Å². The first-order valence-corrected chi connectivity index (χ1v) is 8.24. The fourth-order valence-electron chi connectivity index (χ4n) is 2.51. The van der Waals surface area contributed by atoms with Gasteiger partial charge in [0.15, 0.2) is 0 Å². The largest absolute Gasteiger partial charge is 0.491 e. The van der Waals surface area contributed by atoms with E-state index < -0.39 is 0 Å². The molecule has 1 aliphatic heterocycles. The van der Waals surface area contributed by atoms with Crippen LogP contribution in [0.2, 0.25) is 0 Å². The lowest BCUT2D eigenvalue weighted by Crippen LogP contribution is -2.41. The monoisotopic (exact) mass is 319 g/mol. The molecule has 120 valence electrons. The number of anilines is 1. The number of aryl methyl sites for hydroxylation is 2. The Morgan fingerprint density at radius 1 is 1.18 bits per heavy atom. The Bertz CT molecular complexity index is 595. The summed E-state index contributed by atoms with van der Waals surface area (Å²) in [6.07, 6.45) is 2.05. The molecule has 0 saturated carbocycles. The molecule has 0 atom stereocenters. The molecule has 1 saturated heterocycles. The molecule has 1 fully saturated rings. The second-order valence-electron chi connectivity index (χ2n) is 7.05. The van der Waals surface area contributed by atoms with Crippen molar-refractivity contribution in [1.82, 2.24) is 0 Å². The Morgan fingerprint density at radius 2 is 1.73 bits per heavy atom. The average Bonchev–Trinajstić information content (AvgIpc) is 2.60. The maximum atomic E-state index is 6.21. The van der Waals surface area contributed by atoms with Crippen molar-refractivity contribution >= 4 is 31.5 Å². The first-order valence-electron chi connectivity index (χ1n) is 7.61. The fraction of sp³-hybridized carbons (Fsp3) is 0.529. The van der Waals surface area contributed by atoms with E-state index in [9.17, 15) is 0 Å². The van der Waals surface area contributed by atoms with E-state index in [-0.39, 0.29) is 18.3 Å². The molecule has 0 bridgehead atoms. The SMILES string of the molecule is Cc1cc(C)c(N)c(C=C(CS)B2OC(C)(C)C(C)(C)O2)c1. The van der Waals surface area contributed by atoms with Gasteiger partial charge in [0.05, 0.1) is 11.2 Å². The molecule has 0 aromatic heterocycles. The Labute approximate surface area is 139 Å². The number of nitrogens with two attached hydrogens (primary N) is 1. The molecule has 0 radical (unpaired) electrons. The number of hydrogen-bond donors (Lipinski definition) is 2. The zero-order chi connectivity index (χ0) is 16.7. The van der Waals surface area contributed by atoms with Gasteiger partial charge in [-0.2, -0.15) is 12.6 Å². The topological polar surface area (TPSA) is 44.5 Å². The van der Waals surface area contributed by atoms with Gasteiger partial charge in [0, 0.05) is 11.4 Å². The van der Waals surface area contributed by atoms with E-state index in [0.717, 1.165) is 22.3 Å². The van der Waals surface area contributed by atoms with Gasteiger partial charge < -0.3 is 15.0 Å². The van der Waals surface area contributed by atoms with Crippen molar-refractivity contribution < 1.29 is 9.31 Å². The Morgan fingerprint density at radius 3 is 2.23 bits per heavy atom. The van der Waals surface area contributed by atoms with Crippen molar-refractivity contribution in [3.63, 3.8) is 0 Å². The van der Waals surface area contributed by atoms with Crippen LogP contribution in [0.1, 0.15) is 44.4 Å². The molecule has 1 aromatic carbocycles. The van der Waals surface area contributed by atoms with E-state index in [0.29, 0.717) is 5.75 Å².